The number of rotatable bonds is 10. The first-order chi connectivity index (χ1) is 15.5. The lowest BCUT2D eigenvalue weighted by atomic mass is 10.1. The van der Waals surface area contributed by atoms with E-state index in [4.69, 9.17) is 23.2 Å². The van der Waals surface area contributed by atoms with Gasteiger partial charge in [0.25, 0.3) is 0 Å². The number of benzene rings is 2. The highest BCUT2D eigenvalue weighted by atomic mass is 35.5. The van der Waals surface area contributed by atoms with Crippen molar-refractivity contribution >= 4 is 46.8 Å². The maximum absolute atomic E-state index is 13.3. The van der Waals surface area contributed by atoms with Crippen LogP contribution in [0.15, 0.2) is 48.5 Å². The van der Waals surface area contributed by atoms with Gasteiger partial charge in [0, 0.05) is 28.4 Å². The summed E-state index contributed by atoms with van der Waals surface area (Å²) in [5, 5.41) is 4.51. The topological polar surface area (TPSA) is 49.4 Å². The second-order valence-electron chi connectivity index (χ2n) is 8.18. The summed E-state index contributed by atoms with van der Waals surface area (Å²) in [5.41, 5.74) is 2.03. The Kier molecular flexibility index (Phi) is 9.76. The molecule has 32 heavy (non-hydrogen) atoms. The van der Waals surface area contributed by atoms with Gasteiger partial charge in [-0.2, -0.15) is 0 Å². The Labute approximate surface area is 205 Å². The molecule has 0 heterocycles. The molecular formula is C25H30Cl2N2O2S. The first-order valence-corrected chi connectivity index (χ1v) is 13.0. The zero-order chi connectivity index (χ0) is 22.9. The van der Waals surface area contributed by atoms with Crippen molar-refractivity contribution in [2.45, 2.75) is 63.4 Å². The van der Waals surface area contributed by atoms with Crippen LogP contribution in [0.5, 0.6) is 0 Å². The number of nitrogens with one attached hydrogen (secondary N) is 1. The van der Waals surface area contributed by atoms with Crippen molar-refractivity contribution in [1.29, 1.82) is 0 Å². The fraction of sp³-hybridized carbons (Fsp3) is 0.440. The van der Waals surface area contributed by atoms with E-state index >= 15 is 0 Å². The van der Waals surface area contributed by atoms with Gasteiger partial charge in [0.1, 0.15) is 6.04 Å². The summed E-state index contributed by atoms with van der Waals surface area (Å²) in [4.78, 5) is 28.1. The van der Waals surface area contributed by atoms with E-state index in [-0.39, 0.29) is 17.9 Å². The molecule has 0 aliphatic heterocycles. The van der Waals surface area contributed by atoms with Gasteiger partial charge >= 0.3 is 0 Å². The lowest BCUT2D eigenvalue weighted by Crippen LogP contribution is -2.51. The van der Waals surface area contributed by atoms with Crippen LogP contribution in [0, 0.1) is 0 Å². The molecule has 2 aromatic carbocycles. The number of amides is 2. The molecule has 1 saturated carbocycles. The quantitative estimate of drug-likeness (QED) is 0.436. The molecule has 4 nitrogen and oxygen atoms in total. The van der Waals surface area contributed by atoms with Crippen molar-refractivity contribution in [2.75, 3.05) is 5.75 Å². The summed E-state index contributed by atoms with van der Waals surface area (Å²) in [6, 6.07) is 14.8. The van der Waals surface area contributed by atoms with E-state index in [0.29, 0.717) is 34.5 Å². The molecule has 2 amide bonds. The molecule has 1 aliphatic carbocycles. The van der Waals surface area contributed by atoms with Crippen LogP contribution in [-0.4, -0.2) is 34.6 Å². The summed E-state index contributed by atoms with van der Waals surface area (Å²) >= 11 is 13.6. The monoisotopic (exact) mass is 492 g/mol. The maximum Gasteiger partial charge on any atom is 0.243 e. The molecule has 2 aromatic rings. The minimum Gasteiger partial charge on any atom is -0.352 e. The highest BCUT2D eigenvalue weighted by Crippen LogP contribution is 2.21. The van der Waals surface area contributed by atoms with Crippen LogP contribution >= 0.6 is 35.0 Å². The second-order valence-corrected chi connectivity index (χ2v) is 10.0. The molecule has 1 aliphatic rings. The van der Waals surface area contributed by atoms with Gasteiger partial charge in [0.15, 0.2) is 0 Å². The van der Waals surface area contributed by atoms with E-state index in [9.17, 15) is 9.59 Å². The predicted octanol–water partition coefficient (Wildman–Crippen LogP) is 6.09. The number of thioether (sulfide) groups is 1. The van der Waals surface area contributed by atoms with Gasteiger partial charge in [0.2, 0.25) is 11.8 Å². The summed E-state index contributed by atoms with van der Waals surface area (Å²) in [7, 11) is 0. The average Bonchev–Trinajstić information content (AvgIpc) is 3.28. The Hall–Kier alpha value is -1.69. The molecule has 0 aromatic heterocycles. The van der Waals surface area contributed by atoms with E-state index in [2.05, 4.69) is 5.32 Å². The smallest absolute Gasteiger partial charge is 0.243 e. The number of halogens is 2. The van der Waals surface area contributed by atoms with Gasteiger partial charge in [-0.05, 0) is 54.7 Å². The molecule has 3 rings (SSSR count). The summed E-state index contributed by atoms with van der Waals surface area (Å²) in [5.74, 6) is 0.890. The lowest BCUT2D eigenvalue weighted by molar-refractivity contribution is -0.139. The summed E-state index contributed by atoms with van der Waals surface area (Å²) < 4.78 is 0. The molecule has 1 N–H and O–H groups in total. The average molecular weight is 494 g/mol. The fourth-order valence-electron chi connectivity index (χ4n) is 4.04. The molecule has 0 spiro atoms. The second kappa shape index (κ2) is 12.5. The van der Waals surface area contributed by atoms with Gasteiger partial charge < -0.3 is 10.2 Å². The highest BCUT2D eigenvalue weighted by molar-refractivity contribution is 7.99. The van der Waals surface area contributed by atoms with Crippen LogP contribution in [0.2, 0.25) is 10.0 Å². The Morgan fingerprint density at radius 1 is 1.06 bits per heavy atom. The van der Waals surface area contributed by atoms with E-state index in [1.165, 1.54) is 11.8 Å². The lowest BCUT2D eigenvalue weighted by Gasteiger charge is -2.31. The molecule has 172 valence electrons. The Balaban J connectivity index is 1.69. The van der Waals surface area contributed by atoms with Crippen molar-refractivity contribution in [1.82, 2.24) is 10.2 Å². The minimum absolute atomic E-state index is 0.0413. The van der Waals surface area contributed by atoms with Gasteiger partial charge in [-0.1, -0.05) is 67.2 Å². The Morgan fingerprint density at radius 2 is 1.78 bits per heavy atom. The summed E-state index contributed by atoms with van der Waals surface area (Å²) in [6.45, 7) is 2.34. The van der Waals surface area contributed by atoms with Crippen LogP contribution in [0.3, 0.4) is 0 Å². The molecular weight excluding hydrogens is 463 g/mol. The van der Waals surface area contributed by atoms with Crippen molar-refractivity contribution in [3.63, 3.8) is 0 Å². The van der Waals surface area contributed by atoms with Crippen LogP contribution < -0.4 is 5.32 Å². The first kappa shape index (κ1) is 24.9. The Morgan fingerprint density at radius 3 is 2.44 bits per heavy atom. The number of hydrogen-bond acceptors (Lipinski definition) is 3. The third-order valence-electron chi connectivity index (χ3n) is 5.74. The molecule has 7 heteroatoms. The van der Waals surface area contributed by atoms with E-state index in [1.54, 1.807) is 4.90 Å². The predicted molar refractivity (Wildman–Crippen MR) is 134 cm³/mol. The van der Waals surface area contributed by atoms with E-state index in [0.717, 1.165) is 36.8 Å². The zero-order valence-electron chi connectivity index (χ0n) is 18.4. The van der Waals surface area contributed by atoms with Crippen molar-refractivity contribution in [2.24, 2.45) is 0 Å². The first-order valence-electron chi connectivity index (χ1n) is 11.1. The zero-order valence-corrected chi connectivity index (χ0v) is 20.7. The highest BCUT2D eigenvalue weighted by Gasteiger charge is 2.30. The third kappa shape index (κ3) is 7.43. The molecule has 1 fully saturated rings. The van der Waals surface area contributed by atoms with Crippen molar-refractivity contribution < 1.29 is 9.59 Å². The molecule has 0 bridgehead atoms. The van der Waals surface area contributed by atoms with E-state index in [1.807, 2.05) is 55.5 Å². The van der Waals surface area contributed by atoms with Crippen molar-refractivity contribution in [3.05, 3.63) is 69.7 Å². The standard InChI is InChI=1S/C25H30Cl2N2O2S/c1-2-23(25(31)28-22-8-3-4-9-22)29(15-18-10-12-20(26)13-11-18)24(30)17-32-16-19-6-5-7-21(27)14-19/h5-7,10-14,22-23H,2-4,8-9,15-17H2,1H3,(H,28,31)/t23-/m0/s1. The number of hydrogen-bond donors (Lipinski definition) is 1. The molecule has 0 radical (unpaired) electrons. The summed E-state index contributed by atoms with van der Waals surface area (Å²) in [6.07, 6.45) is 4.90. The fourth-order valence-corrected chi connectivity index (χ4v) is 5.24. The number of nitrogens with zero attached hydrogens (tertiary/aromatic N) is 1. The minimum atomic E-state index is -0.495. The Bertz CT molecular complexity index is 901. The SMILES string of the molecule is CC[C@@H](C(=O)NC1CCCC1)N(Cc1ccc(Cl)cc1)C(=O)CSCc1cccc(Cl)c1. The van der Waals surface area contributed by atoms with Gasteiger partial charge in [-0.3, -0.25) is 9.59 Å². The van der Waals surface area contributed by atoms with Crippen LogP contribution in [0.25, 0.3) is 0 Å². The molecule has 1 atom stereocenters. The van der Waals surface area contributed by atoms with Crippen molar-refractivity contribution in [3.8, 4) is 0 Å². The third-order valence-corrected chi connectivity index (χ3v) is 7.21. The van der Waals surface area contributed by atoms with Crippen LogP contribution in [0.4, 0.5) is 0 Å². The largest absolute Gasteiger partial charge is 0.352 e. The normalized spacial score (nSPS) is 14.8. The number of carbonyl (C=O) groups excluding carboxylic acids is 2. The van der Waals surface area contributed by atoms with Crippen LogP contribution in [-0.2, 0) is 21.9 Å². The molecule has 0 unspecified atom stereocenters. The van der Waals surface area contributed by atoms with Crippen LogP contribution in [0.1, 0.15) is 50.2 Å². The maximum atomic E-state index is 13.3. The molecule has 0 saturated heterocycles. The number of carbonyl (C=O) groups is 2. The van der Waals surface area contributed by atoms with Gasteiger partial charge in [-0.15, -0.1) is 11.8 Å². The van der Waals surface area contributed by atoms with Gasteiger partial charge in [-0.25, -0.2) is 0 Å². The van der Waals surface area contributed by atoms with Gasteiger partial charge in [0.05, 0.1) is 5.75 Å². The van der Waals surface area contributed by atoms with E-state index < -0.39 is 6.04 Å².